The summed E-state index contributed by atoms with van der Waals surface area (Å²) in [6.07, 6.45) is 0. The van der Waals surface area contributed by atoms with Crippen molar-refractivity contribution in [1.29, 1.82) is 0 Å². The minimum Gasteiger partial charge on any atom is -0.342 e. The fraction of sp³-hybridized carbons (Fsp3) is 0.200. The highest BCUT2D eigenvalue weighted by molar-refractivity contribution is 5.94. The Hall–Kier alpha value is -2.38. The molecule has 1 unspecified atom stereocenters. The second-order valence-corrected chi connectivity index (χ2v) is 3.59. The molecule has 94 valence electrons. The summed E-state index contributed by atoms with van der Waals surface area (Å²) in [6.45, 7) is 1.62. The molecular formula is C10H9F2N5O. The highest BCUT2D eigenvalue weighted by Crippen LogP contribution is 2.11. The molecule has 1 amide bonds. The first-order valence-corrected chi connectivity index (χ1v) is 5.07. The maximum absolute atomic E-state index is 13.3. The quantitative estimate of drug-likeness (QED) is 0.853. The second-order valence-electron chi connectivity index (χ2n) is 3.59. The molecule has 1 atom stereocenters. The molecule has 2 aromatic rings. The van der Waals surface area contributed by atoms with Crippen LogP contribution in [0.1, 0.15) is 29.1 Å². The third kappa shape index (κ3) is 2.47. The molecule has 18 heavy (non-hydrogen) atoms. The molecular weight excluding hydrogens is 244 g/mol. The van der Waals surface area contributed by atoms with Crippen molar-refractivity contribution in [3.05, 3.63) is 41.2 Å². The van der Waals surface area contributed by atoms with Gasteiger partial charge in [0.1, 0.15) is 11.6 Å². The Balaban J connectivity index is 2.12. The number of hydrogen-bond acceptors (Lipinski definition) is 4. The first-order valence-electron chi connectivity index (χ1n) is 5.07. The van der Waals surface area contributed by atoms with Crippen molar-refractivity contribution in [3.8, 4) is 0 Å². The van der Waals surface area contributed by atoms with Gasteiger partial charge in [0.2, 0.25) is 0 Å². The number of carbonyl (C=O) groups excluding carboxylic acids is 1. The van der Waals surface area contributed by atoms with E-state index in [2.05, 4.69) is 25.9 Å². The summed E-state index contributed by atoms with van der Waals surface area (Å²) in [6, 6.07) is 2.19. The summed E-state index contributed by atoms with van der Waals surface area (Å²) in [5.41, 5.74) is -0.244. The van der Waals surface area contributed by atoms with Gasteiger partial charge in [0, 0.05) is 6.07 Å². The van der Waals surface area contributed by atoms with Crippen molar-refractivity contribution >= 4 is 5.91 Å². The summed E-state index contributed by atoms with van der Waals surface area (Å²) >= 11 is 0. The summed E-state index contributed by atoms with van der Waals surface area (Å²) in [5, 5.41) is 15.4. The molecule has 0 aliphatic heterocycles. The van der Waals surface area contributed by atoms with Crippen LogP contribution in [0.3, 0.4) is 0 Å². The van der Waals surface area contributed by atoms with Crippen molar-refractivity contribution < 1.29 is 13.6 Å². The molecule has 0 bridgehead atoms. The fourth-order valence-electron chi connectivity index (χ4n) is 1.37. The smallest absolute Gasteiger partial charge is 0.254 e. The van der Waals surface area contributed by atoms with Crippen molar-refractivity contribution in [3.63, 3.8) is 0 Å². The van der Waals surface area contributed by atoms with Crippen molar-refractivity contribution in [2.45, 2.75) is 13.0 Å². The van der Waals surface area contributed by atoms with Gasteiger partial charge in [-0.25, -0.2) is 8.78 Å². The molecule has 0 radical (unpaired) electrons. The molecule has 0 aliphatic rings. The number of H-pyrrole nitrogens is 1. The molecule has 0 spiro atoms. The van der Waals surface area contributed by atoms with Crippen LogP contribution in [0.25, 0.3) is 0 Å². The van der Waals surface area contributed by atoms with Gasteiger partial charge in [-0.15, -0.1) is 10.2 Å². The van der Waals surface area contributed by atoms with E-state index in [1.54, 1.807) is 6.92 Å². The zero-order valence-electron chi connectivity index (χ0n) is 9.32. The minimum absolute atomic E-state index is 0.244. The van der Waals surface area contributed by atoms with Crippen molar-refractivity contribution in [2.75, 3.05) is 0 Å². The fourth-order valence-corrected chi connectivity index (χ4v) is 1.37. The lowest BCUT2D eigenvalue weighted by Crippen LogP contribution is -2.28. The third-order valence-corrected chi connectivity index (χ3v) is 2.27. The number of aromatic nitrogens is 4. The van der Waals surface area contributed by atoms with E-state index in [0.717, 1.165) is 12.1 Å². The maximum Gasteiger partial charge on any atom is 0.254 e. The molecule has 0 saturated carbocycles. The van der Waals surface area contributed by atoms with E-state index in [4.69, 9.17) is 0 Å². The van der Waals surface area contributed by atoms with Gasteiger partial charge < -0.3 is 5.32 Å². The van der Waals surface area contributed by atoms with Gasteiger partial charge in [0.05, 0.1) is 11.6 Å². The maximum atomic E-state index is 13.3. The number of amides is 1. The van der Waals surface area contributed by atoms with Crippen molar-refractivity contribution in [2.24, 2.45) is 0 Å². The van der Waals surface area contributed by atoms with Gasteiger partial charge in [-0.3, -0.25) is 4.79 Å². The molecule has 8 heteroatoms. The van der Waals surface area contributed by atoms with Crippen LogP contribution in [-0.2, 0) is 0 Å². The number of nitrogens with one attached hydrogen (secondary N) is 2. The van der Waals surface area contributed by atoms with Gasteiger partial charge >= 0.3 is 0 Å². The normalized spacial score (nSPS) is 12.2. The van der Waals surface area contributed by atoms with E-state index in [1.165, 1.54) is 0 Å². The van der Waals surface area contributed by atoms with Gasteiger partial charge in [-0.1, -0.05) is 5.21 Å². The second kappa shape index (κ2) is 4.86. The number of benzene rings is 1. The van der Waals surface area contributed by atoms with Crippen LogP contribution in [0.4, 0.5) is 8.78 Å². The predicted molar refractivity (Wildman–Crippen MR) is 56.4 cm³/mol. The van der Waals surface area contributed by atoms with Crippen LogP contribution in [0.2, 0.25) is 0 Å². The van der Waals surface area contributed by atoms with E-state index >= 15 is 0 Å². The first kappa shape index (κ1) is 12.1. The predicted octanol–water partition coefficient (Wildman–Crippen LogP) is 0.969. The Labute approximate surface area is 100 Å². The van der Waals surface area contributed by atoms with Crippen LogP contribution in [0.15, 0.2) is 18.2 Å². The number of rotatable bonds is 3. The van der Waals surface area contributed by atoms with E-state index in [1.807, 2.05) is 0 Å². The van der Waals surface area contributed by atoms with E-state index < -0.39 is 23.6 Å². The lowest BCUT2D eigenvalue weighted by molar-refractivity contribution is 0.0934. The van der Waals surface area contributed by atoms with Crippen LogP contribution >= 0.6 is 0 Å². The number of aromatic amines is 1. The van der Waals surface area contributed by atoms with Gasteiger partial charge in [-0.05, 0) is 19.1 Å². The SMILES string of the molecule is CC(NC(=O)c1ccc(F)cc1F)c1nn[nH]n1. The Bertz CT molecular complexity index is 557. The third-order valence-electron chi connectivity index (χ3n) is 2.27. The highest BCUT2D eigenvalue weighted by atomic mass is 19.1. The average molecular weight is 253 g/mol. The van der Waals surface area contributed by atoms with Gasteiger partial charge in [-0.2, -0.15) is 5.21 Å². The standard InChI is InChI=1S/C10H9F2N5O/c1-5(9-14-16-17-15-9)13-10(18)7-3-2-6(11)4-8(7)12/h2-5H,1H3,(H,13,18)(H,14,15,16,17). The Morgan fingerprint density at radius 3 is 2.83 bits per heavy atom. The molecule has 1 aromatic heterocycles. The van der Waals surface area contributed by atoms with Crippen LogP contribution < -0.4 is 5.32 Å². The van der Waals surface area contributed by atoms with E-state index in [0.29, 0.717) is 6.07 Å². The topological polar surface area (TPSA) is 83.6 Å². The Kier molecular flexibility index (Phi) is 3.26. The Morgan fingerprint density at radius 2 is 2.22 bits per heavy atom. The van der Waals surface area contributed by atoms with Crippen molar-refractivity contribution in [1.82, 2.24) is 25.9 Å². The van der Waals surface area contributed by atoms with Gasteiger partial charge in [0.15, 0.2) is 5.82 Å². The van der Waals surface area contributed by atoms with Gasteiger partial charge in [0.25, 0.3) is 5.91 Å². The number of hydrogen-bond donors (Lipinski definition) is 2. The molecule has 6 nitrogen and oxygen atoms in total. The minimum atomic E-state index is -0.923. The summed E-state index contributed by atoms with van der Waals surface area (Å²) < 4.78 is 26.0. The molecule has 2 rings (SSSR count). The summed E-state index contributed by atoms with van der Waals surface area (Å²) in [7, 11) is 0. The molecule has 0 fully saturated rings. The summed E-state index contributed by atoms with van der Waals surface area (Å²) in [5.74, 6) is -2.07. The molecule has 0 saturated heterocycles. The Morgan fingerprint density at radius 1 is 1.44 bits per heavy atom. The zero-order chi connectivity index (χ0) is 13.1. The van der Waals surface area contributed by atoms with Crippen LogP contribution in [0, 0.1) is 11.6 Å². The largest absolute Gasteiger partial charge is 0.342 e. The lowest BCUT2D eigenvalue weighted by Gasteiger charge is -2.10. The van der Waals surface area contributed by atoms with E-state index in [-0.39, 0.29) is 11.4 Å². The van der Waals surface area contributed by atoms with Crippen LogP contribution in [-0.4, -0.2) is 26.5 Å². The number of carbonyl (C=O) groups is 1. The summed E-state index contributed by atoms with van der Waals surface area (Å²) in [4.78, 5) is 11.7. The monoisotopic (exact) mass is 253 g/mol. The molecule has 1 aromatic carbocycles. The molecule has 0 aliphatic carbocycles. The first-order chi connectivity index (χ1) is 8.58. The number of nitrogens with zero attached hydrogens (tertiary/aromatic N) is 3. The molecule has 2 N–H and O–H groups in total. The average Bonchev–Trinajstić information content (AvgIpc) is 2.81. The van der Waals surface area contributed by atoms with Crippen LogP contribution in [0.5, 0.6) is 0 Å². The number of halogens is 2. The lowest BCUT2D eigenvalue weighted by atomic mass is 10.2. The molecule has 1 heterocycles. The zero-order valence-corrected chi connectivity index (χ0v) is 9.32. The number of tetrazole rings is 1. The highest BCUT2D eigenvalue weighted by Gasteiger charge is 2.17. The van der Waals surface area contributed by atoms with E-state index in [9.17, 15) is 13.6 Å².